The summed E-state index contributed by atoms with van der Waals surface area (Å²) in [6, 6.07) is 14.7. The number of rotatable bonds is 2. The van der Waals surface area contributed by atoms with Gasteiger partial charge in [-0.05, 0) is 18.2 Å². The molecule has 0 atom stereocenters. The molecule has 0 fully saturated rings. The van der Waals surface area contributed by atoms with Gasteiger partial charge in [-0.2, -0.15) is 0 Å². The van der Waals surface area contributed by atoms with Crippen LogP contribution in [-0.4, -0.2) is 29.9 Å². The number of carbonyl (C=O) groups is 1. The Balaban J connectivity index is 2.31. The van der Waals surface area contributed by atoms with Crippen molar-refractivity contribution in [2.24, 2.45) is 4.99 Å². The fraction of sp³-hybridized carbons (Fsp3) is 0.111. The molecule has 1 aliphatic heterocycles. The van der Waals surface area contributed by atoms with Crippen LogP contribution in [0.3, 0.4) is 0 Å². The smallest absolute Gasteiger partial charge is 0.332 e. The summed E-state index contributed by atoms with van der Waals surface area (Å²) in [5, 5.41) is 13.5. The minimum atomic E-state index is -0.527. The maximum absolute atomic E-state index is 11.5. The minimum Gasteiger partial charge on any atom is -0.466 e. The van der Waals surface area contributed by atoms with Crippen molar-refractivity contribution < 1.29 is 14.7 Å². The molecular formula is C18H15ClN2O3. The maximum atomic E-state index is 11.5. The number of hydrogen-bond acceptors (Lipinski definition) is 5. The second-order valence-electron chi connectivity index (χ2n) is 5.20. The van der Waals surface area contributed by atoms with Crippen LogP contribution in [0.15, 0.2) is 65.3 Å². The zero-order valence-corrected chi connectivity index (χ0v) is 13.7. The highest BCUT2D eigenvalue weighted by Crippen LogP contribution is 2.18. The number of benzene rings is 2. The summed E-state index contributed by atoms with van der Waals surface area (Å²) >= 11 is 6.13. The predicted molar refractivity (Wildman–Crippen MR) is 89.8 cm³/mol. The molecule has 1 N–H and O–H groups in total. The highest BCUT2D eigenvalue weighted by molar-refractivity contribution is 6.30. The lowest BCUT2D eigenvalue weighted by molar-refractivity contribution is -0.134. The number of esters is 1. The van der Waals surface area contributed by atoms with Crippen LogP contribution < -0.4 is 10.6 Å². The molecule has 122 valence electrons. The van der Waals surface area contributed by atoms with Crippen LogP contribution in [0.4, 0.5) is 0 Å². The molecule has 24 heavy (non-hydrogen) atoms. The molecular weight excluding hydrogens is 328 g/mol. The summed E-state index contributed by atoms with van der Waals surface area (Å²) in [6.07, 6.45) is 1.26. The van der Waals surface area contributed by atoms with Gasteiger partial charge in [0.05, 0.1) is 30.4 Å². The highest BCUT2D eigenvalue weighted by Gasteiger charge is 2.17. The molecule has 0 aliphatic carbocycles. The first-order valence-electron chi connectivity index (χ1n) is 7.27. The lowest BCUT2D eigenvalue weighted by Crippen LogP contribution is -2.31. The van der Waals surface area contributed by atoms with Gasteiger partial charge in [-0.25, -0.2) is 9.86 Å². The first kappa shape index (κ1) is 16.2. The second-order valence-corrected chi connectivity index (χ2v) is 5.64. The van der Waals surface area contributed by atoms with Crippen LogP contribution in [0.2, 0.25) is 5.02 Å². The predicted octanol–water partition coefficient (Wildman–Crippen LogP) is 1.88. The molecule has 1 aliphatic rings. The number of methoxy groups -OCH3 is 1. The summed E-state index contributed by atoms with van der Waals surface area (Å²) in [6.45, 7) is 0.0472. The standard InChI is InChI=1S/C18H15ClN2O3/c1-24-17(22)10-14-11-21(23)18(12-5-3-2-4-6-12)15-9-13(19)7-8-16(15)20-14/h2-10,23H,11H2,1H3/b14-10-. The first-order chi connectivity index (χ1) is 11.6. The van der Waals surface area contributed by atoms with Crippen LogP contribution in [0, 0.1) is 0 Å². The van der Waals surface area contributed by atoms with Crippen LogP contribution in [0.25, 0.3) is 5.70 Å². The second kappa shape index (κ2) is 6.86. The maximum Gasteiger partial charge on any atom is 0.332 e. The fourth-order valence-electron chi connectivity index (χ4n) is 2.53. The summed E-state index contributed by atoms with van der Waals surface area (Å²) < 4.78 is 4.64. The molecule has 2 aromatic rings. The van der Waals surface area contributed by atoms with E-state index in [0.29, 0.717) is 27.0 Å². The quantitative estimate of drug-likeness (QED) is 0.668. The van der Waals surface area contributed by atoms with Crippen LogP contribution in [0.1, 0.15) is 5.56 Å². The van der Waals surface area contributed by atoms with Crippen molar-refractivity contribution in [3.05, 3.63) is 81.5 Å². The van der Waals surface area contributed by atoms with E-state index in [4.69, 9.17) is 11.6 Å². The Labute approximate surface area is 143 Å². The van der Waals surface area contributed by atoms with E-state index in [2.05, 4.69) is 9.73 Å². The number of nitrogens with zero attached hydrogens (tertiary/aromatic N) is 2. The molecule has 0 amide bonds. The van der Waals surface area contributed by atoms with Gasteiger partial charge in [-0.1, -0.05) is 41.9 Å². The van der Waals surface area contributed by atoms with Gasteiger partial charge in [-0.3, -0.25) is 10.2 Å². The third-order valence-electron chi connectivity index (χ3n) is 3.58. The molecule has 0 unspecified atom stereocenters. The Morgan fingerprint density at radius 1 is 1.29 bits per heavy atom. The van der Waals surface area contributed by atoms with Gasteiger partial charge < -0.3 is 4.74 Å². The van der Waals surface area contributed by atoms with E-state index in [-0.39, 0.29) is 6.54 Å². The normalized spacial score (nSPS) is 15.5. The van der Waals surface area contributed by atoms with E-state index >= 15 is 0 Å². The van der Waals surface area contributed by atoms with Gasteiger partial charge in [0.2, 0.25) is 0 Å². The van der Waals surface area contributed by atoms with E-state index in [9.17, 15) is 10.0 Å². The van der Waals surface area contributed by atoms with E-state index in [0.717, 1.165) is 10.6 Å². The lowest BCUT2D eigenvalue weighted by Gasteiger charge is -2.19. The molecule has 1 heterocycles. The van der Waals surface area contributed by atoms with Crippen LogP contribution >= 0.6 is 11.6 Å². The first-order valence-corrected chi connectivity index (χ1v) is 7.65. The van der Waals surface area contributed by atoms with Crippen LogP contribution in [-0.2, 0) is 9.53 Å². The zero-order valence-electron chi connectivity index (χ0n) is 12.9. The minimum absolute atomic E-state index is 0.0472. The molecule has 0 saturated heterocycles. The summed E-state index contributed by atoms with van der Waals surface area (Å²) in [4.78, 5) is 16.0. The summed E-state index contributed by atoms with van der Waals surface area (Å²) in [7, 11) is 1.29. The van der Waals surface area contributed by atoms with Gasteiger partial charge >= 0.3 is 5.97 Å². The lowest BCUT2D eigenvalue weighted by atomic mass is 10.1. The fourth-order valence-corrected chi connectivity index (χ4v) is 2.70. The molecule has 2 aromatic carbocycles. The van der Waals surface area contributed by atoms with Gasteiger partial charge in [0.1, 0.15) is 0 Å². The van der Waals surface area contributed by atoms with Gasteiger partial charge in [-0.15, -0.1) is 0 Å². The van der Waals surface area contributed by atoms with Crippen molar-refractivity contribution in [3.63, 3.8) is 0 Å². The van der Waals surface area contributed by atoms with E-state index in [1.54, 1.807) is 18.2 Å². The van der Waals surface area contributed by atoms with Crippen molar-refractivity contribution in [3.8, 4) is 0 Å². The third-order valence-corrected chi connectivity index (χ3v) is 3.82. The average molecular weight is 343 g/mol. The topological polar surface area (TPSA) is 62.1 Å². The van der Waals surface area contributed by atoms with Crippen molar-refractivity contribution in [2.75, 3.05) is 13.7 Å². The van der Waals surface area contributed by atoms with Crippen LogP contribution in [0.5, 0.6) is 0 Å². The number of fused-ring (bicyclic) bond motifs is 1. The molecule has 5 nitrogen and oxygen atoms in total. The Hall–Kier alpha value is -2.63. The molecule has 0 radical (unpaired) electrons. The van der Waals surface area contributed by atoms with Gasteiger partial charge in [0.25, 0.3) is 0 Å². The van der Waals surface area contributed by atoms with E-state index < -0.39 is 5.97 Å². The average Bonchev–Trinajstić information content (AvgIpc) is 2.70. The SMILES string of the molecule is COC(=O)/C=C1/CN(O)C(c2ccccc2)=c2cc(Cl)ccc2=N1. The number of hydroxylamine groups is 2. The van der Waals surface area contributed by atoms with Crippen molar-refractivity contribution in [1.82, 2.24) is 5.06 Å². The molecule has 0 spiro atoms. The van der Waals surface area contributed by atoms with Gasteiger partial charge in [0.15, 0.2) is 0 Å². The Morgan fingerprint density at radius 3 is 2.75 bits per heavy atom. The Morgan fingerprint density at radius 2 is 2.04 bits per heavy atom. The number of hydrogen-bond donors (Lipinski definition) is 1. The number of halogens is 1. The zero-order chi connectivity index (χ0) is 17.1. The van der Waals surface area contributed by atoms with Crippen molar-refractivity contribution in [2.45, 2.75) is 0 Å². The molecule has 0 aromatic heterocycles. The summed E-state index contributed by atoms with van der Waals surface area (Å²) in [5.74, 6) is -0.527. The Bertz CT molecular complexity index is 923. The van der Waals surface area contributed by atoms with E-state index in [1.165, 1.54) is 13.2 Å². The van der Waals surface area contributed by atoms with Crippen molar-refractivity contribution >= 4 is 23.3 Å². The Kier molecular flexibility index (Phi) is 4.64. The largest absolute Gasteiger partial charge is 0.466 e. The van der Waals surface area contributed by atoms with Crippen molar-refractivity contribution in [1.29, 1.82) is 0 Å². The summed E-state index contributed by atoms with van der Waals surface area (Å²) in [5.41, 5.74) is 1.78. The molecule has 3 rings (SSSR count). The molecule has 0 bridgehead atoms. The molecule has 0 saturated carbocycles. The number of carbonyl (C=O) groups excluding carboxylic acids is 1. The highest BCUT2D eigenvalue weighted by atomic mass is 35.5. The third kappa shape index (κ3) is 3.32. The monoisotopic (exact) mass is 342 g/mol. The number of ether oxygens (including phenoxy) is 1. The molecule has 6 heteroatoms. The van der Waals surface area contributed by atoms with E-state index in [1.807, 2.05) is 30.3 Å². The van der Waals surface area contributed by atoms with Gasteiger partial charge in [0, 0.05) is 21.9 Å².